The van der Waals surface area contributed by atoms with Gasteiger partial charge in [0.25, 0.3) is 0 Å². The van der Waals surface area contributed by atoms with Crippen LogP contribution in [-0.2, 0) is 22.1 Å². The molecule has 0 amide bonds. The van der Waals surface area contributed by atoms with Gasteiger partial charge in [-0.1, -0.05) is 0 Å². The zero-order valence-corrected chi connectivity index (χ0v) is 11.1. The highest BCUT2D eigenvalue weighted by Gasteiger charge is 2.26. The maximum absolute atomic E-state index is 12.2. The van der Waals surface area contributed by atoms with Crippen molar-refractivity contribution in [3.8, 4) is 5.75 Å². The Morgan fingerprint density at radius 1 is 1.22 bits per heavy atom. The molecule has 0 aromatic heterocycles. The molecule has 3 rings (SSSR count). The molecule has 1 aromatic rings. The fraction of sp³-hybridized carbons (Fsp3) is 0.500. The average molecular weight is 265 g/mol. The highest BCUT2D eigenvalue weighted by atomic mass is 32.2. The molecule has 0 atom stereocenters. The predicted molar refractivity (Wildman–Crippen MR) is 72.8 cm³/mol. The first-order valence-electron chi connectivity index (χ1n) is 6.34. The van der Waals surface area contributed by atoms with Crippen LogP contribution >= 0.6 is 0 Å². The Morgan fingerprint density at radius 3 is 2.89 bits per heavy atom. The van der Waals surface area contributed by atoms with Gasteiger partial charge < -0.3 is 9.47 Å². The van der Waals surface area contributed by atoms with E-state index in [9.17, 15) is 4.79 Å². The van der Waals surface area contributed by atoms with Gasteiger partial charge in [0.05, 0.1) is 19.8 Å². The zero-order valence-electron chi connectivity index (χ0n) is 10.3. The molecule has 0 bridgehead atoms. The van der Waals surface area contributed by atoms with Gasteiger partial charge in [0.2, 0.25) is 5.78 Å². The SMILES string of the molecule is O=C(C[S+]1CCOCC1)c1ccc2c(c1)CCO2. The average Bonchev–Trinajstić information content (AvgIpc) is 2.87. The third-order valence-electron chi connectivity index (χ3n) is 3.38. The summed E-state index contributed by atoms with van der Waals surface area (Å²) >= 11 is 0. The minimum Gasteiger partial charge on any atom is -0.493 e. The molecular weight excluding hydrogens is 248 g/mol. The largest absolute Gasteiger partial charge is 0.493 e. The van der Waals surface area contributed by atoms with Gasteiger partial charge in [-0.2, -0.15) is 0 Å². The van der Waals surface area contributed by atoms with Gasteiger partial charge in [0.1, 0.15) is 17.3 Å². The summed E-state index contributed by atoms with van der Waals surface area (Å²) in [6, 6.07) is 5.84. The second kappa shape index (κ2) is 5.33. The number of carbonyl (C=O) groups excluding carboxylic acids is 1. The van der Waals surface area contributed by atoms with E-state index in [0.717, 1.165) is 49.1 Å². The first kappa shape index (κ1) is 12.1. The number of hydrogen-bond acceptors (Lipinski definition) is 3. The molecule has 96 valence electrons. The summed E-state index contributed by atoms with van der Waals surface area (Å²) in [6.45, 7) is 2.37. The number of benzene rings is 1. The van der Waals surface area contributed by atoms with E-state index in [4.69, 9.17) is 9.47 Å². The smallest absolute Gasteiger partial charge is 0.211 e. The van der Waals surface area contributed by atoms with E-state index in [1.807, 2.05) is 18.2 Å². The van der Waals surface area contributed by atoms with Crippen LogP contribution in [-0.4, -0.2) is 42.9 Å². The van der Waals surface area contributed by atoms with Gasteiger partial charge in [-0.15, -0.1) is 0 Å². The van der Waals surface area contributed by atoms with Crippen LogP contribution in [0.2, 0.25) is 0 Å². The quantitative estimate of drug-likeness (QED) is 0.613. The number of rotatable bonds is 3. The molecule has 2 aliphatic heterocycles. The molecule has 0 unspecified atom stereocenters. The summed E-state index contributed by atoms with van der Waals surface area (Å²) in [7, 11) is 0.221. The molecule has 18 heavy (non-hydrogen) atoms. The van der Waals surface area contributed by atoms with Crippen LogP contribution < -0.4 is 4.74 Å². The van der Waals surface area contributed by atoms with E-state index in [1.165, 1.54) is 5.56 Å². The van der Waals surface area contributed by atoms with Crippen molar-refractivity contribution in [2.75, 3.05) is 37.1 Å². The lowest BCUT2D eigenvalue weighted by atomic mass is 10.1. The Kier molecular flexibility index (Phi) is 3.57. The summed E-state index contributed by atoms with van der Waals surface area (Å²) in [6.07, 6.45) is 0.927. The molecule has 2 heterocycles. The van der Waals surface area contributed by atoms with E-state index in [1.54, 1.807) is 0 Å². The number of Topliss-reactive ketones (excluding diaryl/α,β-unsaturated/α-hetero) is 1. The second-order valence-electron chi connectivity index (χ2n) is 4.62. The maximum atomic E-state index is 12.2. The number of ether oxygens (including phenoxy) is 2. The molecule has 4 heteroatoms. The molecule has 1 aromatic carbocycles. The highest BCUT2D eigenvalue weighted by molar-refractivity contribution is 7.97. The van der Waals surface area contributed by atoms with Crippen molar-refractivity contribution in [3.05, 3.63) is 29.3 Å². The zero-order chi connectivity index (χ0) is 12.4. The molecule has 0 spiro atoms. The summed E-state index contributed by atoms with van der Waals surface area (Å²) in [5.74, 6) is 3.98. The Labute approximate surface area is 110 Å². The number of ketones is 1. The van der Waals surface area contributed by atoms with E-state index < -0.39 is 0 Å². The van der Waals surface area contributed by atoms with Gasteiger partial charge in [-0.05, 0) is 23.8 Å². The summed E-state index contributed by atoms with van der Waals surface area (Å²) in [5, 5.41) is 0. The van der Waals surface area contributed by atoms with Gasteiger partial charge >= 0.3 is 0 Å². The van der Waals surface area contributed by atoms with Crippen molar-refractivity contribution < 1.29 is 14.3 Å². The molecule has 0 N–H and O–H groups in total. The Balaban J connectivity index is 1.68. The van der Waals surface area contributed by atoms with Crippen molar-refractivity contribution >= 4 is 16.7 Å². The standard InChI is InChI=1S/C14H17O3S/c15-13(10-18-7-5-16-6-8-18)11-1-2-14-12(9-11)3-4-17-14/h1-2,9H,3-8,10H2/q+1. The van der Waals surface area contributed by atoms with Crippen molar-refractivity contribution in [3.63, 3.8) is 0 Å². The van der Waals surface area contributed by atoms with Gasteiger partial charge in [0, 0.05) is 22.9 Å². The summed E-state index contributed by atoms with van der Waals surface area (Å²) in [4.78, 5) is 12.2. The minimum atomic E-state index is 0.221. The van der Waals surface area contributed by atoms with Crippen LogP contribution in [0.25, 0.3) is 0 Å². The Morgan fingerprint density at radius 2 is 2.06 bits per heavy atom. The van der Waals surface area contributed by atoms with Gasteiger partial charge in [-0.3, -0.25) is 4.79 Å². The van der Waals surface area contributed by atoms with Crippen LogP contribution in [0.3, 0.4) is 0 Å². The maximum Gasteiger partial charge on any atom is 0.211 e. The van der Waals surface area contributed by atoms with Crippen LogP contribution in [0, 0.1) is 0 Å². The molecule has 1 fully saturated rings. The topological polar surface area (TPSA) is 35.5 Å². The number of hydrogen-bond donors (Lipinski definition) is 0. The first-order chi connectivity index (χ1) is 8.83. The lowest BCUT2D eigenvalue weighted by molar-refractivity contribution is 0.102. The molecule has 0 aliphatic carbocycles. The van der Waals surface area contributed by atoms with Crippen LogP contribution in [0.4, 0.5) is 0 Å². The monoisotopic (exact) mass is 265 g/mol. The fourth-order valence-corrected chi connectivity index (χ4v) is 4.07. The van der Waals surface area contributed by atoms with Crippen LogP contribution in [0.5, 0.6) is 5.75 Å². The first-order valence-corrected chi connectivity index (χ1v) is 8.07. The van der Waals surface area contributed by atoms with Gasteiger partial charge in [0.15, 0.2) is 5.75 Å². The van der Waals surface area contributed by atoms with Crippen molar-refractivity contribution in [1.82, 2.24) is 0 Å². The number of carbonyl (C=O) groups is 1. The normalized spacial score (nSPS) is 19.3. The molecule has 0 saturated carbocycles. The number of fused-ring (bicyclic) bond motifs is 1. The molecule has 0 radical (unpaired) electrons. The Bertz CT molecular complexity index is 452. The van der Waals surface area contributed by atoms with E-state index in [2.05, 4.69) is 0 Å². The van der Waals surface area contributed by atoms with Crippen molar-refractivity contribution in [2.24, 2.45) is 0 Å². The predicted octanol–water partition coefficient (Wildman–Crippen LogP) is 1.45. The van der Waals surface area contributed by atoms with Crippen LogP contribution in [0.1, 0.15) is 15.9 Å². The minimum absolute atomic E-state index is 0.221. The lowest BCUT2D eigenvalue weighted by Crippen LogP contribution is -2.31. The molecule has 3 nitrogen and oxygen atoms in total. The molecular formula is C14H17O3S+. The fourth-order valence-electron chi connectivity index (χ4n) is 2.33. The summed E-state index contributed by atoms with van der Waals surface area (Å²) < 4.78 is 10.8. The summed E-state index contributed by atoms with van der Waals surface area (Å²) in [5.41, 5.74) is 2.02. The van der Waals surface area contributed by atoms with Gasteiger partial charge in [-0.25, -0.2) is 0 Å². The molecule has 1 saturated heterocycles. The van der Waals surface area contributed by atoms with E-state index >= 15 is 0 Å². The lowest BCUT2D eigenvalue weighted by Gasteiger charge is -2.13. The van der Waals surface area contributed by atoms with Crippen LogP contribution in [0.15, 0.2) is 18.2 Å². The van der Waals surface area contributed by atoms with Crippen molar-refractivity contribution in [2.45, 2.75) is 6.42 Å². The highest BCUT2D eigenvalue weighted by Crippen LogP contribution is 2.26. The third kappa shape index (κ3) is 2.54. The second-order valence-corrected chi connectivity index (χ2v) is 6.95. The van der Waals surface area contributed by atoms with E-state index in [0.29, 0.717) is 5.75 Å². The van der Waals surface area contributed by atoms with E-state index in [-0.39, 0.29) is 16.7 Å². The third-order valence-corrected chi connectivity index (χ3v) is 5.54. The molecule has 2 aliphatic rings. The van der Waals surface area contributed by atoms with Crippen molar-refractivity contribution in [1.29, 1.82) is 0 Å². The Hall–Kier alpha value is -1.00.